The van der Waals surface area contributed by atoms with Gasteiger partial charge in [-0.05, 0) is 18.6 Å². The number of hydrogen-bond acceptors (Lipinski definition) is 4. The van der Waals surface area contributed by atoms with Gasteiger partial charge in [0.15, 0.2) is 9.84 Å². The molecular weight excluding hydrogens is 373 g/mol. The highest BCUT2D eigenvalue weighted by Gasteiger charge is 2.37. The van der Waals surface area contributed by atoms with Crippen LogP contribution in [0.15, 0.2) is 24.3 Å². The molecule has 0 spiro atoms. The smallest absolute Gasteiger partial charge is 0.340 e. The lowest BCUT2D eigenvalue weighted by Crippen LogP contribution is -2.45. The molecule has 2 rings (SSSR count). The first-order valence-corrected chi connectivity index (χ1v) is 9.65. The molecule has 0 bridgehead atoms. The van der Waals surface area contributed by atoms with Crippen molar-refractivity contribution in [3.05, 3.63) is 29.8 Å². The van der Waals surface area contributed by atoms with E-state index in [0.717, 1.165) is 24.0 Å². The molecular formula is C16H19F3N2O4S. The molecule has 1 aliphatic heterocycles. The lowest BCUT2D eigenvalue weighted by Gasteiger charge is -2.29. The van der Waals surface area contributed by atoms with E-state index in [9.17, 15) is 31.2 Å². The van der Waals surface area contributed by atoms with Gasteiger partial charge in [-0.15, -0.1) is 0 Å². The third kappa shape index (κ3) is 4.54. The average Bonchev–Trinajstić information content (AvgIpc) is 2.90. The van der Waals surface area contributed by atoms with Gasteiger partial charge in [-0.3, -0.25) is 9.59 Å². The highest BCUT2D eigenvalue weighted by molar-refractivity contribution is 7.91. The first-order valence-electron chi connectivity index (χ1n) is 7.83. The van der Waals surface area contributed by atoms with Gasteiger partial charge in [0.05, 0.1) is 22.8 Å². The second-order valence-corrected chi connectivity index (χ2v) is 8.41. The number of amides is 2. The van der Waals surface area contributed by atoms with E-state index in [1.54, 1.807) is 0 Å². The number of rotatable bonds is 4. The highest BCUT2D eigenvalue weighted by Crippen LogP contribution is 2.36. The van der Waals surface area contributed by atoms with Crippen LogP contribution in [-0.2, 0) is 25.6 Å². The summed E-state index contributed by atoms with van der Waals surface area (Å²) in [5.74, 6) is -1.57. The molecule has 26 heavy (non-hydrogen) atoms. The van der Waals surface area contributed by atoms with E-state index in [-0.39, 0.29) is 17.9 Å². The number of para-hydroxylation sites is 1. The number of alkyl halides is 3. The SMILES string of the molecule is CC(=O)N(CC(=O)N(C)C1CCS(=O)(=O)C1)c1ccccc1C(F)(F)F. The Kier molecular flexibility index (Phi) is 5.64. The van der Waals surface area contributed by atoms with Crippen molar-refractivity contribution in [1.29, 1.82) is 0 Å². The first kappa shape index (κ1) is 20.2. The molecule has 10 heteroatoms. The normalized spacial score (nSPS) is 19.2. The van der Waals surface area contributed by atoms with Crippen LogP contribution in [0.5, 0.6) is 0 Å². The second-order valence-electron chi connectivity index (χ2n) is 6.18. The number of nitrogens with zero attached hydrogens (tertiary/aromatic N) is 2. The topological polar surface area (TPSA) is 74.8 Å². The van der Waals surface area contributed by atoms with Crippen molar-refractivity contribution in [3.8, 4) is 0 Å². The molecule has 1 heterocycles. The standard InChI is InChI=1S/C16H19F3N2O4S/c1-11(22)21(14-6-4-3-5-13(14)16(17,18)19)9-15(23)20(2)12-7-8-26(24,25)10-12/h3-6,12H,7-10H2,1-2H3. The zero-order valence-electron chi connectivity index (χ0n) is 14.3. The summed E-state index contributed by atoms with van der Waals surface area (Å²) >= 11 is 0. The molecule has 0 N–H and O–H groups in total. The van der Waals surface area contributed by atoms with Crippen molar-refractivity contribution in [1.82, 2.24) is 4.90 Å². The molecule has 0 aliphatic carbocycles. The predicted molar refractivity (Wildman–Crippen MR) is 89.3 cm³/mol. The van der Waals surface area contributed by atoms with Crippen LogP contribution in [0, 0.1) is 0 Å². The molecule has 1 fully saturated rings. The molecule has 1 unspecified atom stereocenters. The maximum Gasteiger partial charge on any atom is 0.418 e. The molecule has 0 radical (unpaired) electrons. The predicted octanol–water partition coefficient (Wildman–Crippen LogP) is 1.70. The number of carbonyl (C=O) groups is 2. The fourth-order valence-electron chi connectivity index (χ4n) is 2.85. The maximum atomic E-state index is 13.2. The van der Waals surface area contributed by atoms with Crippen molar-refractivity contribution in [2.75, 3.05) is 30.0 Å². The molecule has 2 amide bonds. The van der Waals surface area contributed by atoms with E-state index in [0.29, 0.717) is 0 Å². The van der Waals surface area contributed by atoms with Crippen molar-refractivity contribution < 1.29 is 31.2 Å². The number of halogens is 3. The fourth-order valence-corrected chi connectivity index (χ4v) is 4.62. The minimum Gasteiger partial charge on any atom is -0.340 e. The Morgan fingerprint density at radius 3 is 2.35 bits per heavy atom. The summed E-state index contributed by atoms with van der Waals surface area (Å²) in [5.41, 5.74) is -1.43. The Labute approximate surface area is 149 Å². The molecule has 0 saturated carbocycles. The van der Waals surface area contributed by atoms with Gasteiger partial charge < -0.3 is 9.80 Å². The average molecular weight is 392 g/mol. The zero-order chi connectivity index (χ0) is 19.7. The summed E-state index contributed by atoms with van der Waals surface area (Å²) < 4.78 is 62.7. The monoisotopic (exact) mass is 392 g/mol. The number of likely N-dealkylation sites (N-methyl/N-ethyl adjacent to an activating group) is 1. The van der Waals surface area contributed by atoms with E-state index >= 15 is 0 Å². The molecule has 1 aromatic carbocycles. The van der Waals surface area contributed by atoms with E-state index < -0.39 is 51.7 Å². The van der Waals surface area contributed by atoms with Gasteiger partial charge in [0, 0.05) is 20.0 Å². The van der Waals surface area contributed by atoms with Gasteiger partial charge in [-0.2, -0.15) is 13.2 Å². The summed E-state index contributed by atoms with van der Waals surface area (Å²) in [6, 6.07) is 3.96. The van der Waals surface area contributed by atoms with Gasteiger partial charge in [0.1, 0.15) is 6.54 Å². The van der Waals surface area contributed by atoms with Gasteiger partial charge in [0.25, 0.3) is 0 Å². The van der Waals surface area contributed by atoms with Crippen LogP contribution >= 0.6 is 0 Å². The lowest BCUT2D eigenvalue weighted by atomic mass is 10.1. The molecule has 1 atom stereocenters. The number of carbonyl (C=O) groups excluding carboxylic acids is 2. The number of benzene rings is 1. The zero-order valence-corrected chi connectivity index (χ0v) is 15.1. The molecule has 1 aliphatic rings. The van der Waals surface area contributed by atoms with Crippen molar-refractivity contribution in [3.63, 3.8) is 0 Å². The fraction of sp³-hybridized carbons (Fsp3) is 0.500. The van der Waals surface area contributed by atoms with E-state index in [2.05, 4.69) is 0 Å². The van der Waals surface area contributed by atoms with Crippen LogP contribution in [0.25, 0.3) is 0 Å². The van der Waals surface area contributed by atoms with Crippen molar-refractivity contribution >= 4 is 27.3 Å². The Bertz CT molecular complexity index is 808. The number of anilines is 1. The quantitative estimate of drug-likeness (QED) is 0.782. The number of hydrogen-bond donors (Lipinski definition) is 0. The van der Waals surface area contributed by atoms with Crippen LogP contribution < -0.4 is 4.90 Å². The maximum absolute atomic E-state index is 13.2. The van der Waals surface area contributed by atoms with E-state index in [4.69, 9.17) is 0 Å². The van der Waals surface area contributed by atoms with Gasteiger partial charge in [0.2, 0.25) is 11.8 Å². The largest absolute Gasteiger partial charge is 0.418 e. The van der Waals surface area contributed by atoms with Crippen LogP contribution in [0.2, 0.25) is 0 Å². The summed E-state index contributed by atoms with van der Waals surface area (Å²) in [4.78, 5) is 26.3. The van der Waals surface area contributed by atoms with Crippen LogP contribution in [0.1, 0.15) is 18.9 Å². The minimum atomic E-state index is -4.68. The molecule has 144 valence electrons. The molecule has 1 saturated heterocycles. The first-order chi connectivity index (χ1) is 11.9. The Hall–Kier alpha value is -2.10. The highest BCUT2D eigenvalue weighted by atomic mass is 32.2. The van der Waals surface area contributed by atoms with Crippen molar-refractivity contribution in [2.24, 2.45) is 0 Å². The molecule has 6 nitrogen and oxygen atoms in total. The van der Waals surface area contributed by atoms with E-state index in [1.807, 2.05) is 0 Å². The minimum absolute atomic E-state index is 0.0391. The molecule has 1 aromatic rings. The Morgan fingerprint density at radius 1 is 1.23 bits per heavy atom. The second kappa shape index (κ2) is 7.26. The van der Waals surface area contributed by atoms with Crippen LogP contribution in [0.4, 0.5) is 18.9 Å². The summed E-state index contributed by atoms with van der Waals surface area (Å²) in [6.45, 7) is 0.468. The van der Waals surface area contributed by atoms with Crippen LogP contribution in [-0.4, -0.2) is 56.3 Å². The summed E-state index contributed by atoms with van der Waals surface area (Å²) in [6.07, 6.45) is -4.41. The number of sulfone groups is 1. The third-order valence-corrected chi connectivity index (χ3v) is 6.07. The van der Waals surface area contributed by atoms with Crippen LogP contribution in [0.3, 0.4) is 0 Å². The third-order valence-electron chi connectivity index (χ3n) is 4.32. The summed E-state index contributed by atoms with van der Waals surface area (Å²) in [7, 11) is -1.83. The van der Waals surface area contributed by atoms with Gasteiger partial charge in [-0.1, -0.05) is 12.1 Å². The van der Waals surface area contributed by atoms with Gasteiger partial charge in [-0.25, -0.2) is 8.42 Å². The molecule has 0 aromatic heterocycles. The summed E-state index contributed by atoms with van der Waals surface area (Å²) in [5, 5.41) is 0. The lowest BCUT2D eigenvalue weighted by molar-refractivity contribution is -0.137. The van der Waals surface area contributed by atoms with Crippen molar-refractivity contribution in [2.45, 2.75) is 25.6 Å². The van der Waals surface area contributed by atoms with Gasteiger partial charge >= 0.3 is 6.18 Å². The Morgan fingerprint density at radius 2 is 1.85 bits per heavy atom. The van der Waals surface area contributed by atoms with E-state index in [1.165, 1.54) is 24.1 Å². The Balaban J connectivity index is 2.25.